The summed E-state index contributed by atoms with van der Waals surface area (Å²) in [4.78, 5) is 3.93. The lowest BCUT2D eigenvalue weighted by atomic mass is 10.0. The van der Waals surface area contributed by atoms with Crippen molar-refractivity contribution in [3.8, 4) is 6.07 Å². The van der Waals surface area contributed by atoms with Crippen molar-refractivity contribution >= 4 is 11.6 Å². The summed E-state index contributed by atoms with van der Waals surface area (Å²) < 4.78 is 0. The van der Waals surface area contributed by atoms with Crippen LogP contribution in [0.4, 0.5) is 0 Å². The van der Waals surface area contributed by atoms with E-state index in [0.29, 0.717) is 16.3 Å². The minimum Gasteiger partial charge on any atom is -0.389 e. The van der Waals surface area contributed by atoms with E-state index in [0.717, 1.165) is 0 Å². The highest BCUT2D eigenvalue weighted by Gasteiger charge is 2.21. The predicted molar refractivity (Wildman–Crippen MR) is 55.2 cm³/mol. The highest BCUT2D eigenvalue weighted by Crippen LogP contribution is 2.22. The number of aliphatic hydroxyl groups is 2. The van der Waals surface area contributed by atoms with Crippen molar-refractivity contribution in [2.45, 2.75) is 25.6 Å². The maximum Gasteiger partial charge on any atom is 0.123 e. The minimum atomic E-state index is -1.15. The molecule has 5 heteroatoms. The van der Waals surface area contributed by atoms with E-state index in [1.165, 1.54) is 6.20 Å². The van der Waals surface area contributed by atoms with Crippen LogP contribution in [0.15, 0.2) is 12.3 Å². The largest absolute Gasteiger partial charge is 0.389 e. The van der Waals surface area contributed by atoms with Gasteiger partial charge in [0.2, 0.25) is 0 Å². The van der Waals surface area contributed by atoms with Crippen molar-refractivity contribution in [2.24, 2.45) is 0 Å². The van der Waals surface area contributed by atoms with Gasteiger partial charge in [-0.25, -0.2) is 0 Å². The van der Waals surface area contributed by atoms with Gasteiger partial charge in [0.25, 0.3) is 0 Å². The van der Waals surface area contributed by atoms with Gasteiger partial charge in [-0.2, -0.15) is 5.26 Å². The number of hydrogen-bond acceptors (Lipinski definition) is 4. The molecule has 1 rings (SSSR count). The SMILES string of the molecule is Cc1cc(Cl)cnc1C(O)C(O)CC#N. The van der Waals surface area contributed by atoms with Crippen LogP contribution in [0.1, 0.15) is 23.8 Å². The van der Waals surface area contributed by atoms with Crippen molar-refractivity contribution in [3.63, 3.8) is 0 Å². The van der Waals surface area contributed by atoms with Gasteiger partial charge in [0.05, 0.1) is 29.3 Å². The third-order valence-corrected chi connectivity index (χ3v) is 2.24. The fourth-order valence-corrected chi connectivity index (χ4v) is 1.46. The molecule has 0 saturated carbocycles. The molecular weight excluding hydrogens is 216 g/mol. The smallest absolute Gasteiger partial charge is 0.123 e. The Morgan fingerprint density at radius 2 is 2.27 bits per heavy atom. The molecule has 0 amide bonds. The van der Waals surface area contributed by atoms with Crippen LogP contribution in [-0.4, -0.2) is 21.3 Å². The fraction of sp³-hybridized carbons (Fsp3) is 0.400. The molecule has 15 heavy (non-hydrogen) atoms. The number of aromatic nitrogens is 1. The Morgan fingerprint density at radius 3 is 2.80 bits per heavy atom. The second-order valence-corrected chi connectivity index (χ2v) is 3.67. The number of hydrogen-bond donors (Lipinski definition) is 2. The van der Waals surface area contributed by atoms with E-state index in [2.05, 4.69) is 4.98 Å². The molecule has 2 N–H and O–H groups in total. The van der Waals surface area contributed by atoms with E-state index in [1.54, 1.807) is 19.1 Å². The lowest BCUT2D eigenvalue weighted by Gasteiger charge is -2.16. The third kappa shape index (κ3) is 2.90. The second-order valence-electron chi connectivity index (χ2n) is 3.23. The summed E-state index contributed by atoms with van der Waals surface area (Å²) in [5.41, 5.74) is 1.04. The summed E-state index contributed by atoms with van der Waals surface area (Å²) >= 11 is 5.70. The zero-order valence-electron chi connectivity index (χ0n) is 8.18. The number of nitrogens with zero attached hydrogens (tertiary/aromatic N) is 2. The number of aryl methyl sites for hydroxylation is 1. The molecule has 4 nitrogen and oxygen atoms in total. The van der Waals surface area contributed by atoms with Crippen molar-refractivity contribution in [3.05, 3.63) is 28.5 Å². The van der Waals surface area contributed by atoms with Gasteiger partial charge >= 0.3 is 0 Å². The summed E-state index contributed by atoms with van der Waals surface area (Å²) in [5.74, 6) is 0. The summed E-state index contributed by atoms with van der Waals surface area (Å²) in [6, 6.07) is 3.43. The summed E-state index contributed by atoms with van der Waals surface area (Å²) in [7, 11) is 0. The lowest BCUT2D eigenvalue weighted by Crippen LogP contribution is -2.19. The quantitative estimate of drug-likeness (QED) is 0.816. The predicted octanol–water partition coefficient (Wildman–Crippen LogP) is 1.35. The number of aliphatic hydroxyl groups excluding tert-OH is 2. The highest BCUT2D eigenvalue weighted by molar-refractivity contribution is 6.30. The van der Waals surface area contributed by atoms with Crippen LogP contribution >= 0.6 is 11.6 Å². The van der Waals surface area contributed by atoms with E-state index in [1.807, 2.05) is 0 Å². The molecule has 0 bridgehead atoms. The Bertz CT molecular complexity index is 389. The molecular formula is C10H11ClN2O2. The summed E-state index contributed by atoms with van der Waals surface area (Å²) in [6.07, 6.45) is -1.01. The zero-order valence-corrected chi connectivity index (χ0v) is 8.94. The van der Waals surface area contributed by atoms with Gasteiger partial charge in [-0.05, 0) is 18.6 Å². The van der Waals surface area contributed by atoms with Crippen LogP contribution in [0.3, 0.4) is 0 Å². The highest BCUT2D eigenvalue weighted by atomic mass is 35.5. The van der Waals surface area contributed by atoms with Crippen LogP contribution in [-0.2, 0) is 0 Å². The molecule has 2 unspecified atom stereocenters. The fourth-order valence-electron chi connectivity index (χ4n) is 1.25. The Hall–Kier alpha value is -1.15. The Morgan fingerprint density at radius 1 is 1.60 bits per heavy atom. The first kappa shape index (κ1) is 11.9. The van der Waals surface area contributed by atoms with Gasteiger partial charge in [0.15, 0.2) is 0 Å². The first-order valence-electron chi connectivity index (χ1n) is 4.41. The molecule has 0 radical (unpaired) electrons. The third-order valence-electron chi connectivity index (χ3n) is 2.03. The van der Waals surface area contributed by atoms with E-state index in [4.69, 9.17) is 16.9 Å². The first-order chi connectivity index (χ1) is 7.06. The van der Waals surface area contributed by atoms with Crippen molar-refractivity contribution in [2.75, 3.05) is 0 Å². The molecule has 0 saturated heterocycles. The van der Waals surface area contributed by atoms with Gasteiger partial charge in [0, 0.05) is 6.20 Å². The van der Waals surface area contributed by atoms with Gasteiger partial charge in [0.1, 0.15) is 6.10 Å². The molecule has 2 atom stereocenters. The number of rotatable bonds is 3. The van der Waals surface area contributed by atoms with Crippen molar-refractivity contribution in [1.82, 2.24) is 4.98 Å². The van der Waals surface area contributed by atoms with E-state index < -0.39 is 12.2 Å². The maximum absolute atomic E-state index is 9.69. The zero-order chi connectivity index (χ0) is 11.4. The van der Waals surface area contributed by atoms with Crippen LogP contribution in [0.5, 0.6) is 0 Å². The van der Waals surface area contributed by atoms with Gasteiger partial charge in [-0.15, -0.1) is 0 Å². The Balaban J connectivity index is 2.91. The molecule has 0 aliphatic rings. The van der Waals surface area contributed by atoms with E-state index in [9.17, 15) is 10.2 Å². The van der Waals surface area contributed by atoms with Crippen LogP contribution in [0, 0.1) is 18.3 Å². The van der Waals surface area contributed by atoms with Gasteiger partial charge in [-0.1, -0.05) is 11.6 Å². The van der Waals surface area contributed by atoms with E-state index >= 15 is 0 Å². The topological polar surface area (TPSA) is 77.1 Å². The summed E-state index contributed by atoms with van der Waals surface area (Å²) in [6.45, 7) is 1.73. The molecule has 1 aromatic heterocycles. The van der Waals surface area contributed by atoms with Crippen molar-refractivity contribution in [1.29, 1.82) is 5.26 Å². The van der Waals surface area contributed by atoms with Crippen LogP contribution in [0.2, 0.25) is 5.02 Å². The Labute approximate surface area is 92.8 Å². The van der Waals surface area contributed by atoms with Gasteiger partial charge in [-0.3, -0.25) is 4.98 Å². The monoisotopic (exact) mass is 226 g/mol. The molecule has 0 spiro atoms. The summed E-state index contributed by atoms with van der Waals surface area (Å²) in [5, 5.41) is 28.0. The van der Waals surface area contributed by atoms with Crippen molar-refractivity contribution < 1.29 is 10.2 Å². The molecule has 0 aliphatic carbocycles. The molecule has 1 heterocycles. The Kier molecular flexibility index (Phi) is 4.04. The maximum atomic E-state index is 9.69. The molecule has 0 fully saturated rings. The number of halogens is 1. The first-order valence-corrected chi connectivity index (χ1v) is 4.79. The van der Waals surface area contributed by atoms with Crippen LogP contribution < -0.4 is 0 Å². The van der Waals surface area contributed by atoms with E-state index in [-0.39, 0.29) is 6.42 Å². The second kappa shape index (κ2) is 5.08. The average Bonchev–Trinajstić information content (AvgIpc) is 2.17. The number of nitriles is 1. The van der Waals surface area contributed by atoms with Crippen LogP contribution in [0.25, 0.3) is 0 Å². The lowest BCUT2D eigenvalue weighted by molar-refractivity contribution is 0.0186. The molecule has 1 aromatic rings. The number of pyridine rings is 1. The molecule has 0 aliphatic heterocycles. The molecule has 80 valence electrons. The normalized spacial score (nSPS) is 14.3. The standard InChI is InChI=1S/C10H11ClN2O2/c1-6-4-7(11)5-13-9(6)10(15)8(14)2-3-12/h4-5,8,10,14-15H,2H2,1H3. The average molecular weight is 227 g/mol. The van der Waals surface area contributed by atoms with Gasteiger partial charge < -0.3 is 10.2 Å². The molecule has 0 aromatic carbocycles. The minimum absolute atomic E-state index is 0.134.